The van der Waals surface area contributed by atoms with E-state index in [2.05, 4.69) is 25.8 Å². The summed E-state index contributed by atoms with van der Waals surface area (Å²) in [6.07, 6.45) is 4.17. The van der Waals surface area contributed by atoms with Gasteiger partial charge in [-0.05, 0) is 31.4 Å². The lowest BCUT2D eigenvalue weighted by Gasteiger charge is -2.16. The van der Waals surface area contributed by atoms with Crippen molar-refractivity contribution in [1.82, 2.24) is 19.7 Å². The molecule has 0 aliphatic carbocycles. The molecule has 1 N–H and O–H groups in total. The van der Waals surface area contributed by atoms with Gasteiger partial charge in [-0.25, -0.2) is 0 Å². The largest absolute Gasteiger partial charge is 0.376 e. The molecule has 0 amide bonds. The molecule has 8 nitrogen and oxygen atoms in total. The molecular weight excluding hydrogens is 426 g/mol. The Morgan fingerprint density at radius 1 is 1.28 bits per heavy atom. The zero-order valence-corrected chi connectivity index (χ0v) is 18.4. The fourth-order valence-corrected chi connectivity index (χ4v) is 5.08. The Morgan fingerprint density at radius 2 is 2.16 bits per heavy atom. The fraction of sp³-hybridized carbons (Fsp3) is 0.304. The van der Waals surface area contributed by atoms with Gasteiger partial charge < -0.3 is 9.72 Å². The summed E-state index contributed by atoms with van der Waals surface area (Å²) in [5.74, 6) is 0.798. The van der Waals surface area contributed by atoms with Gasteiger partial charge in [0.1, 0.15) is 0 Å². The highest BCUT2D eigenvalue weighted by molar-refractivity contribution is 7.99. The van der Waals surface area contributed by atoms with Crippen LogP contribution in [0.15, 0.2) is 59.9 Å². The summed E-state index contributed by atoms with van der Waals surface area (Å²) >= 11 is 1.55. The number of benzene rings is 2. The third-order valence-corrected chi connectivity index (χ3v) is 6.93. The second-order valence-corrected chi connectivity index (χ2v) is 9.22. The number of rotatable bonds is 7. The first-order valence-electron chi connectivity index (χ1n) is 10.6. The molecule has 2 atom stereocenters. The molecule has 2 unspecified atom stereocenters. The Labute approximate surface area is 189 Å². The number of nitro benzene ring substituents is 1. The van der Waals surface area contributed by atoms with Gasteiger partial charge in [0.15, 0.2) is 11.0 Å². The number of aromatic nitrogens is 4. The molecule has 3 heterocycles. The number of nitro groups is 1. The van der Waals surface area contributed by atoms with E-state index in [9.17, 15) is 10.1 Å². The molecule has 32 heavy (non-hydrogen) atoms. The molecule has 0 bridgehead atoms. The monoisotopic (exact) mass is 449 g/mol. The number of aromatic amines is 1. The molecule has 1 saturated heterocycles. The zero-order chi connectivity index (χ0) is 22.1. The maximum atomic E-state index is 11.2. The fourth-order valence-electron chi connectivity index (χ4n) is 4.11. The Morgan fingerprint density at radius 3 is 2.97 bits per heavy atom. The number of nitrogens with zero attached hydrogens (tertiary/aromatic N) is 4. The van der Waals surface area contributed by atoms with E-state index in [0.717, 1.165) is 52.5 Å². The summed E-state index contributed by atoms with van der Waals surface area (Å²) < 4.78 is 8.03. The second kappa shape index (κ2) is 8.76. The van der Waals surface area contributed by atoms with Crippen LogP contribution in [0, 0.1) is 10.1 Å². The topological polar surface area (TPSA) is 98.9 Å². The first kappa shape index (κ1) is 20.7. The Balaban J connectivity index is 1.50. The van der Waals surface area contributed by atoms with Crippen LogP contribution < -0.4 is 0 Å². The molecular formula is C23H23N5O3S. The average molecular weight is 450 g/mol. The number of ether oxygens (including phenoxy) is 1. The Kier molecular flexibility index (Phi) is 5.67. The van der Waals surface area contributed by atoms with Crippen LogP contribution in [0.4, 0.5) is 5.69 Å². The molecule has 1 fully saturated rings. The minimum atomic E-state index is -0.365. The molecule has 5 rings (SSSR count). The van der Waals surface area contributed by atoms with E-state index < -0.39 is 0 Å². The van der Waals surface area contributed by atoms with Gasteiger partial charge in [-0.2, -0.15) is 0 Å². The lowest BCUT2D eigenvalue weighted by Crippen LogP contribution is -2.16. The van der Waals surface area contributed by atoms with Crippen molar-refractivity contribution in [2.24, 2.45) is 0 Å². The molecule has 9 heteroatoms. The maximum absolute atomic E-state index is 11.2. The third kappa shape index (κ3) is 4.01. The van der Waals surface area contributed by atoms with Crippen molar-refractivity contribution in [3.05, 3.63) is 70.4 Å². The predicted molar refractivity (Wildman–Crippen MR) is 124 cm³/mol. The third-order valence-electron chi connectivity index (χ3n) is 5.79. The summed E-state index contributed by atoms with van der Waals surface area (Å²) in [6.45, 7) is 3.48. The van der Waals surface area contributed by atoms with Crippen LogP contribution in [-0.2, 0) is 11.3 Å². The van der Waals surface area contributed by atoms with Gasteiger partial charge in [0.25, 0.3) is 5.69 Å². The van der Waals surface area contributed by atoms with Crippen molar-refractivity contribution in [2.45, 2.75) is 42.8 Å². The van der Waals surface area contributed by atoms with Crippen molar-refractivity contribution < 1.29 is 9.66 Å². The minimum Gasteiger partial charge on any atom is -0.376 e. The highest BCUT2D eigenvalue weighted by Crippen LogP contribution is 2.38. The van der Waals surface area contributed by atoms with Gasteiger partial charge in [-0.3, -0.25) is 14.7 Å². The molecule has 1 aliphatic rings. The predicted octanol–water partition coefficient (Wildman–Crippen LogP) is 5.37. The van der Waals surface area contributed by atoms with E-state index in [-0.39, 0.29) is 22.0 Å². The number of hydrogen-bond acceptors (Lipinski definition) is 6. The summed E-state index contributed by atoms with van der Waals surface area (Å²) in [7, 11) is 0. The number of para-hydroxylation sites is 1. The molecule has 0 saturated carbocycles. The normalized spacial score (nSPS) is 17.1. The van der Waals surface area contributed by atoms with E-state index in [4.69, 9.17) is 4.74 Å². The number of non-ortho nitro benzene ring substituents is 1. The summed E-state index contributed by atoms with van der Waals surface area (Å²) in [6, 6.07) is 14.9. The van der Waals surface area contributed by atoms with Crippen LogP contribution in [0.1, 0.15) is 30.6 Å². The lowest BCUT2D eigenvalue weighted by atomic mass is 10.1. The maximum Gasteiger partial charge on any atom is 0.269 e. The lowest BCUT2D eigenvalue weighted by molar-refractivity contribution is -0.384. The molecule has 0 spiro atoms. The molecule has 2 aromatic carbocycles. The summed E-state index contributed by atoms with van der Waals surface area (Å²) in [5, 5.41) is 22.1. The first-order chi connectivity index (χ1) is 15.6. The minimum absolute atomic E-state index is 0.0295. The first-order valence-corrected chi connectivity index (χ1v) is 11.5. The Bertz CT molecular complexity index is 1260. The summed E-state index contributed by atoms with van der Waals surface area (Å²) in [5.41, 5.74) is 3.02. The van der Waals surface area contributed by atoms with Gasteiger partial charge in [0.05, 0.1) is 17.6 Å². The number of hydrogen-bond donors (Lipinski definition) is 1. The second-order valence-electron chi connectivity index (χ2n) is 7.91. The van der Waals surface area contributed by atoms with Crippen molar-refractivity contribution in [1.29, 1.82) is 0 Å². The number of thioether (sulfide) groups is 1. The van der Waals surface area contributed by atoms with Gasteiger partial charge in [0.2, 0.25) is 0 Å². The van der Waals surface area contributed by atoms with Crippen molar-refractivity contribution in [3.8, 4) is 11.4 Å². The molecule has 1 aliphatic heterocycles. The molecule has 0 radical (unpaired) electrons. The molecule has 2 aromatic heterocycles. The SMILES string of the molecule is CC(Sc1nnc(-c2c[nH]c3ccccc23)n1CC1CCCO1)c1cccc([N+](=O)[O-])c1. The van der Waals surface area contributed by atoms with Gasteiger partial charge in [-0.1, -0.05) is 42.1 Å². The van der Waals surface area contributed by atoms with E-state index >= 15 is 0 Å². The van der Waals surface area contributed by atoms with Crippen molar-refractivity contribution >= 4 is 28.4 Å². The highest BCUT2D eigenvalue weighted by atomic mass is 32.2. The smallest absolute Gasteiger partial charge is 0.269 e. The van der Waals surface area contributed by atoms with Crippen molar-refractivity contribution in [2.75, 3.05) is 6.61 Å². The number of fused-ring (bicyclic) bond motifs is 1. The highest BCUT2D eigenvalue weighted by Gasteiger charge is 2.24. The van der Waals surface area contributed by atoms with Crippen LogP contribution in [0.25, 0.3) is 22.3 Å². The van der Waals surface area contributed by atoms with Crippen molar-refractivity contribution in [3.63, 3.8) is 0 Å². The van der Waals surface area contributed by atoms with Crippen LogP contribution in [0.2, 0.25) is 0 Å². The Hall–Kier alpha value is -3.17. The molecule has 164 valence electrons. The van der Waals surface area contributed by atoms with Gasteiger partial charge in [-0.15, -0.1) is 10.2 Å². The van der Waals surface area contributed by atoms with E-state index in [1.807, 2.05) is 37.4 Å². The van der Waals surface area contributed by atoms with Crippen LogP contribution in [0.3, 0.4) is 0 Å². The standard InChI is InChI=1S/C23H23N5O3S/c1-15(16-6-4-7-17(12-16)28(29)30)32-23-26-25-22(27(23)14-18-8-5-11-31-18)20-13-24-21-10-3-2-9-19(20)21/h2-4,6-7,9-10,12-13,15,18,24H,5,8,11,14H2,1H3. The van der Waals surface area contributed by atoms with Gasteiger partial charge in [0, 0.05) is 46.7 Å². The zero-order valence-electron chi connectivity index (χ0n) is 17.6. The average Bonchev–Trinajstić information content (AvgIpc) is 3.55. The quantitative estimate of drug-likeness (QED) is 0.231. The summed E-state index contributed by atoms with van der Waals surface area (Å²) in [4.78, 5) is 14.1. The van der Waals surface area contributed by atoms with Crippen LogP contribution in [-0.4, -0.2) is 37.4 Å². The van der Waals surface area contributed by atoms with E-state index in [1.165, 1.54) is 6.07 Å². The number of nitrogens with one attached hydrogen (secondary N) is 1. The van der Waals surface area contributed by atoms with E-state index in [0.29, 0.717) is 6.54 Å². The molecule has 4 aromatic rings. The van der Waals surface area contributed by atoms with E-state index in [1.54, 1.807) is 23.9 Å². The van der Waals surface area contributed by atoms with Crippen LogP contribution in [0.5, 0.6) is 0 Å². The van der Waals surface area contributed by atoms with Crippen LogP contribution >= 0.6 is 11.8 Å². The number of H-pyrrole nitrogens is 1. The van der Waals surface area contributed by atoms with Gasteiger partial charge >= 0.3 is 0 Å².